The number of amides is 3. The first-order valence-electron chi connectivity index (χ1n) is 8.34. The van der Waals surface area contributed by atoms with Crippen LogP contribution in [-0.2, 0) is 9.59 Å². The van der Waals surface area contributed by atoms with Crippen molar-refractivity contribution in [2.24, 2.45) is 0 Å². The second kappa shape index (κ2) is 9.30. The molecule has 0 aliphatic rings. The minimum Gasteiger partial charge on any atom is -0.357 e. The van der Waals surface area contributed by atoms with Crippen LogP contribution >= 0.6 is 0 Å². The molecule has 8 heteroatoms. The Balaban J connectivity index is 2.19. The third kappa shape index (κ3) is 4.93. The predicted molar refractivity (Wildman–Crippen MR) is 101 cm³/mol. The number of hydrogen-bond acceptors (Lipinski definition) is 5. The van der Waals surface area contributed by atoms with Gasteiger partial charge in [0.25, 0.3) is 17.7 Å². The lowest BCUT2D eigenvalue weighted by Crippen LogP contribution is -2.54. The highest BCUT2D eigenvalue weighted by atomic mass is 16.5. The van der Waals surface area contributed by atoms with E-state index in [1.807, 2.05) is 13.0 Å². The van der Waals surface area contributed by atoms with Crippen molar-refractivity contribution in [1.82, 2.24) is 20.7 Å². The van der Waals surface area contributed by atoms with Crippen LogP contribution < -0.4 is 10.8 Å². The van der Waals surface area contributed by atoms with E-state index in [0.717, 1.165) is 16.2 Å². The van der Waals surface area contributed by atoms with Gasteiger partial charge in [0.15, 0.2) is 6.04 Å². The second-order valence-electron chi connectivity index (χ2n) is 5.92. The number of likely N-dealkylation sites (N-methyl/N-ethyl adjacent to an activating group) is 2. The first-order chi connectivity index (χ1) is 13.4. The van der Waals surface area contributed by atoms with E-state index >= 15 is 0 Å². The number of rotatable bonds is 4. The number of aromatic nitrogens is 1. The summed E-state index contributed by atoms with van der Waals surface area (Å²) in [5.41, 5.74) is 4.06. The van der Waals surface area contributed by atoms with Crippen LogP contribution in [0.25, 0.3) is 0 Å². The summed E-state index contributed by atoms with van der Waals surface area (Å²) in [5, 5.41) is 11.1. The highest BCUT2D eigenvalue weighted by Crippen LogP contribution is 2.10. The normalized spacial score (nSPS) is 10.9. The van der Waals surface area contributed by atoms with Crippen LogP contribution in [0.1, 0.15) is 27.2 Å². The summed E-state index contributed by atoms with van der Waals surface area (Å²) in [6.07, 6.45) is 1.68. The first-order valence-corrected chi connectivity index (χ1v) is 8.34. The lowest BCUT2D eigenvalue weighted by atomic mass is 10.1. The van der Waals surface area contributed by atoms with Gasteiger partial charge in [0.1, 0.15) is 0 Å². The molecule has 3 amide bonds. The Kier molecular flexibility index (Phi) is 6.84. The van der Waals surface area contributed by atoms with E-state index in [-0.39, 0.29) is 5.56 Å². The van der Waals surface area contributed by atoms with Crippen LogP contribution in [0.3, 0.4) is 0 Å². The number of pyridine rings is 1. The summed E-state index contributed by atoms with van der Waals surface area (Å²) in [6.45, 7) is 1.88. The standard InChI is InChI=1S/C20H20N4O4/c1-13-12-15(10-11-22-13)5-4-14-6-8-16(9-7-14)20(27)24(3)17(18(25)21-2)19(26)23-28/h6-12,17,28H,1-3H3,(H,21,25)(H,23,26). The fourth-order valence-corrected chi connectivity index (χ4v) is 2.45. The fourth-order valence-electron chi connectivity index (χ4n) is 2.45. The third-order valence-corrected chi connectivity index (χ3v) is 3.94. The molecule has 28 heavy (non-hydrogen) atoms. The van der Waals surface area contributed by atoms with Gasteiger partial charge in [0.05, 0.1) is 0 Å². The first kappa shape index (κ1) is 20.6. The van der Waals surface area contributed by atoms with Crippen molar-refractivity contribution < 1.29 is 19.6 Å². The Morgan fingerprint density at radius 2 is 1.71 bits per heavy atom. The summed E-state index contributed by atoms with van der Waals surface area (Å²) in [4.78, 5) is 41.3. The number of nitrogens with zero attached hydrogens (tertiary/aromatic N) is 2. The molecule has 2 aromatic rings. The average molecular weight is 380 g/mol. The molecule has 0 bridgehead atoms. The molecule has 1 atom stereocenters. The zero-order valence-electron chi connectivity index (χ0n) is 15.7. The van der Waals surface area contributed by atoms with Gasteiger partial charge in [0, 0.05) is 42.7 Å². The number of hydrogen-bond donors (Lipinski definition) is 3. The second-order valence-corrected chi connectivity index (χ2v) is 5.92. The maximum absolute atomic E-state index is 12.6. The highest BCUT2D eigenvalue weighted by molar-refractivity contribution is 6.08. The number of aryl methyl sites for hydroxylation is 1. The number of carbonyl (C=O) groups excluding carboxylic acids is 3. The van der Waals surface area contributed by atoms with Gasteiger partial charge in [-0.3, -0.25) is 24.6 Å². The third-order valence-electron chi connectivity index (χ3n) is 3.94. The molecule has 1 unspecified atom stereocenters. The van der Waals surface area contributed by atoms with Crippen LogP contribution in [-0.4, -0.2) is 52.9 Å². The molecule has 0 fully saturated rings. The van der Waals surface area contributed by atoms with Gasteiger partial charge in [0.2, 0.25) is 0 Å². The predicted octanol–water partition coefficient (Wildman–Crippen LogP) is 0.482. The van der Waals surface area contributed by atoms with Gasteiger partial charge in [-0.05, 0) is 43.3 Å². The SMILES string of the molecule is CNC(=O)C(C(=O)NO)N(C)C(=O)c1ccc(C#Cc2ccnc(C)c2)cc1. The van der Waals surface area contributed by atoms with Crippen molar-refractivity contribution in [2.45, 2.75) is 13.0 Å². The Labute approximate surface area is 162 Å². The molecule has 0 radical (unpaired) electrons. The molecule has 1 aromatic heterocycles. The molecule has 0 aliphatic heterocycles. The molecule has 0 aliphatic carbocycles. The maximum Gasteiger partial charge on any atom is 0.275 e. The van der Waals surface area contributed by atoms with E-state index in [4.69, 9.17) is 5.21 Å². The molecule has 2 rings (SSSR count). The number of carbonyl (C=O) groups is 3. The monoisotopic (exact) mass is 380 g/mol. The zero-order chi connectivity index (χ0) is 20.7. The fraction of sp³-hybridized carbons (Fsp3) is 0.200. The lowest BCUT2D eigenvalue weighted by Gasteiger charge is -2.25. The molecule has 0 saturated carbocycles. The van der Waals surface area contributed by atoms with Crippen LogP contribution in [0.15, 0.2) is 42.6 Å². The molecule has 144 valence electrons. The smallest absolute Gasteiger partial charge is 0.275 e. The van der Waals surface area contributed by atoms with E-state index in [9.17, 15) is 14.4 Å². The summed E-state index contributed by atoms with van der Waals surface area (Å²) < 4.78 is 0. The molecule has 1 aromatic carbocycles. The summed E-state index contributed by atoms with van der Waals surface area (Å²) >= 11 is 0. The van der Waals surface area contributed by atoms with E-state index in [2.05, 4.69) is 22.1 Å². The maximum atomic E-state index is 12.6. The lowest BCUT2D eigenvalue weighted by molar-refractivity contribution is -0.140. The molecular formula is C20H20N4O4. The van der Waals surface area contributed by atoms with Crippen molar-refractivity contribution in [3.8, 4) is 11.8 Å². The molecule has 3 N–H and O–H groups in total. The van der Waals surface area contributed by atoms with Crippen molar-refractivity contribution in [3.63, 3.8) is 0 Å². The van der Waals surface area contributed by atoms with Gasteiger partial charge in [-0.25, -0.2) is 5.48 Å². The highest BCUT2D eigenvalue weighted by Gasteiger charge is 2.33. The molecule has 8 nitrogen and oxygen atoms in total. The van der Waals surface area contributed by atoms with E-state index in [1.165, 1.54) is 19.6 Å². The van der Waals surface area contributed by atoms with E-state index < -0.39 is 23.8 Å². The van der Waals surface area contributed by atoms with Gasteiger partial charge in [-0.15, -0.1) is 0 Å². The molecule has 1 heterocycles. The summed E-state index contributed by atoms with van der Waals surface area (Å²) in [6, 6.07) is 8.61. The minimum absolute atomic E-state index is 0.271. The zero-order valence-corrected chi connectivity index (χ0v) is 15.7. The van der Waals surface area contributed by atoms with Crippen LogP contribution in [0, 0.1) is 18.8 Å². The number of hydroxylamine groups is 1. The Morgan fingerprint density at radius 1 is 1.07 bits per heavy atom. The van der Waals surface area contributed by atoms with Crippen molar-refractivity contribution >= 4 is 17.7 Å². The quantitative estimate of drug-likeness (QED) is 0.309. The molecule has 0 spiro atoms. The van der Waals surface area contributed by atoms with Crippen LogP contribution in [0.5, 0.6) is 0 Å². The Hall–Kier alpha value is -3.70. The number of benzene rings is 1. The van der Waals surface area contributed by atoms with E-state index in [1.54, 1.807) is 36.5 Å². The summed E-state index contributed by atoms with van der Waals surface area (Å²) in [7, 11) is 2.63. The van der Waals surface area contributed by atoms with Gasteiger partial charge < -0.3 is 10.2 Å². The Morgan fingerprint density at radius 3 is 2.29 bits per heavy atom. The minimum atomic E-state index is -1.50. The largest absolute Gasteiger partial charge is 0.357 e. The van der Waals surface area contributed by atoms with Crippen molar-refractivity contribution in [1.29, 1.82) is 0 Å². The summed E-state index contributed by atoms with van der Waals surface area (Å²) in [5.74, 6) is 3.73. The number of nitrogens with one attached hydrogen (secondary N) is 2. The van der Waals surface area contributed by atoms with Gasteiger partial charge in [-0.2, -0.15) is 0 Å². The van der Waals surface area contributed by atoms with Gasteiger partial charge >= 0.3 is 0 Å². The molecular weight excluding hydrogens is 360 g/mol. The average Bonchev–Trinajstić information content (AvgIpc) is 2.71. The van der Waals surface area contributed by atoms with Crippen molar-refractivity contribution in [3.05, 3.63) is 65.0 Å². The van der Waals surface area contributed by atoms with Crippen LogP contribution in [0.2, 0.25) is 0 Å². The Bertz CT molecular complexity index is 929. The van der Waals surface area contributed by atoms with Crippen LogP contribution in [0.4, 0.5) is 0 Å². The van der Waals surface area contributed by atoms with E-state index in [0.29, 0.717) is 5.56 Å². The molecule has 0 saturated heterocycles. The topological polar surface area (TPSA) is 112 Å². The van der Waals surface area contributed by atoms with Crippen molar-refractivity contribution in [2.75, 3.05) is 14.1 Å². The van der Waals surface area contributed by atoms with Gasteiger partial charge in [-0.1, -0.05) is 11.8 Å².